The van der Waals surface area contributed by atoms with Gasteiger partial charge in [-0.3, -0.25) is 0 Å². The van der Waals surface area contributed by atoms with Crippen LogP contribution in [0.3, 0.4) is 0 Å². The molecule has 102 valence electrons. The highest BCUT2D eigenvalue weighted by Crippen LogP contribution is 2.14. The molecule has 0 spiro atoms. The maximum atomic E-state index is 11.9. The van der Waals surface area contributed by atoms with Crippen LogP contribution in [0.25, 0.3) is 0 Å². The average Bonchev–Trinajstić information content (AvgIpc) is 2.29. The number of alkyl halides is 1. The van der Waals surface area contributed by atoms with Gasteiger partial charge in [0.2, 0.25) is 10.0 Å². The molecule has 0 aliphatic carbocycles. The lowest BCUT2D eigenvalue weighted by atomic mass is 10.3. The van der Waals surface area contributed by atoms with Crippen LogP contribution in [-0.2, 0) is 14.8 Å². The first kappa shape index (κ1) is 15.9. The fraction of sp³-hybridized carbons (Fsp3) is 0.455. The summed E-state index contributed by atoms with van der Waals surface area (Å²) in [4.78, 5) is 0.239. The van der Waals surface area contributed by atoms with E-state index in [-0.39, 0.29) is 16.8 Å². The summed E-state index contributed by atoms with van der Waals surface area (Å²) in [6.07, 6.45) is 0.519. The van der Waals surface area contributed by atoms with Crippen molar-refractivity contribution in [3.8, 4) is 0 Å². The van der Waals surface area contributed by atoms with Crippen molar-refractivity contribution < 1.29 is 13.2 Å². The smallest absolute Gasteiger partial charge is 0.240 e. The van der Waals surface area contributed by atoms with E-state index in [1.54, 1.807) is 31.4 Å². The molecule has 0 aromatic heterocycles. The molecule has 0 radical (unpaired) electrons. The minimum atomic E-state index is -3.46. The number of hydrogen-bond donors (Lipinski definition) is 1. The number of benzene rings is 1. The number of sulfonamides is 1. The Morgan fingerprint density at radius 2 is 2.00 bits per heavy atom. The first-order chi connectivity index (χ1) is 8.45. The number of hydrogen-bond acceptors (Lipinski definition) is 3. The second-order valence-corrected chi connectivity index (χ2v) is 6.99. The van der Waals surface area contributed by atoms with E-state index in [1.165, 1.54) is 0 Å². The zero-order valence-corrected chi connectivity index (χ0v) is 13.1. The van der Waals surface area contributed by atoms with E-state index in [1.807, 2.05) is 0 Å². The number of ether oxygens (including phenoxy) is 1. The van der Waals surface area contributed by atoms with Gasteiger partial charge in [0.25, 0.3) is 0 Å². The van der Waals surface area contributed by atoms with E-state index in [0.717, 1.165) is 4.47 Å². The lowest BCUT2D eigenvalue weighted by molar-refractivity contribution is 0.196. The Morgan fingerprint density at radius 1 is 1.39 bits per heavy atom. The van der Waals surface area contributed by atoms with Crippen LogP contribution in [0.2, 0.25) is 0 Å². The van der Waals surface area contributed by atoms with Crippen molar-refractivity contribution >= 4 is 37.6 Å². The van der Waals surface area contributed by atoms with Gasteiger partial charge in [-0.25, -0.2) is 13.1 Å². The first-order valence-electron chi connectivity index (χ1n) is 5.34. The van der Waals surface area contributed by atoms with Crippen molar-refractivity contribution in [1.29, 1.82) is 0 Å². The molecular formula is C11H15BrClNO3S. The zero-order chi connectivity index (χ0) is 13.6. The van der Waals surface area contributed by atoms with Crippen molar-refractivity contribution in [3.05, 3.63) is 28.7 Å². The molecule has 1 N–H and O–H groups in total. The van der Waals surface area contributed by atoms with Gasteiger partial charge in [-0.15, -0.1) is 11.6 Å². The van der Waals surface area contributed by atoms with E-state index in [0.29, 0.717) is 13.0 Å². The van der Waals surface area contributed by atoms with Gasteiger partial charge >= 0.3 is 0 Å². The van der Waals surface area contributed by atoms with Gasteiger partial charge in [0.1, 0.15) is 0 Å². The summed E-state index contributed by atoms with van der Waals surface area (Å²) in [5.41, 5.74) is 0. The van der Waals surface area contributed by atoms with Gasteiger partial charge in [-0.05, 0) is 30.7 Å². The number of nitrogens with one attached hydrogen (secondary N) is 1. The van der Waals surface area contributed by atoms with Crippen molar-refractivity contribution in [2.75, 3.05) is 20.3 Å². The quantitative estimate of drug-likeness (QED) is 0.763. The standard InChI is InChI=1S/C11H15BrClNO3S/c1-17-8-10(13)6-7-14-18(15,16)11-4-2-9(12)3-5-11/h2-5,10,14H,6-8H2,1H3. The third-order valence-corrected chi connectivity index (χ3v) is 4.57. The van der Waals surface area contributed by atoms with Crippen molar-refractivity contribution in [2.24, 2.45) is 0 Å². The molecule has 1 atom stereocenters. The third-order valence-electron chi connectivity index (χ3n) is 2.22. The molecule has 18 heavy (non-hydrogen) atoms. The van der Waals surface area contributed by atoms with E-state index in [2.05, 4.69) is 20.7 Å². The lowest BCUT2D eigenvalue weighted by Crippen LogP contribution is -2.27. The Labute approximate surface area is 121 Å². The van der Waals surface area contributed by atoms with Crippen LogP contribution < -0.4 is 4.72 Å². The van der Waals surface area contributed by atoms with Crippen LogP contribution in [0.15, 0.2) is 33.6 Å². The fourth-order valence-corrected chi connectivity index (χ4v) is 2.86. The summed E-state index contributed by atoms with van der Waals surface area (Å²) >= 11 is 9.17. The van der Waals surface area contributed by atoms with Crippen molar-refractivity contribution in [3.63, 3.8) is 0 Å². The molecule has 0 fully saturated rings. The van der Waals surface area contributed by atoms with Crippen LogP contribution in [0.5, 0.6) is 0 Å². The molecule has 4 nitrogen and oxygen atoms in total. The minimum absolute atomic E-state index is 0.192. The molecule has 0 heterocycles. The zero-order valence-electron chi connectivity index (χ0n) is 9.90. The highest BCUT2D eigenvalue weighted by molar-refractivity contribution is 9.10. The highest BCUT2D eigenvalue weighted by atomic mass is 79.9. The Hall–Kier alpha value is -0.140. The summed E-state index contributed by atoms with van der Waals surface area (Å²) in [5.74, 6) is 0. The molecule has 0 aliphatic rings. The largest absolute Gasteiger partial charge is 0.383 e. The van der Waals surface area contributed by atoms with Crippen LogP contribution in [-0.4, -0.2) is 34.1 Å². The van der Waals surface area contributed by atoms with Gasteiger partial charge < -0.3 is 4.74 Å². The van der Waals surface area contributed by atoms with Crippen molar-refractivity contribution in [2.45, 2.75) is 16.7 Å². The fourth-order valence-electron chi connectivity index (χ4n) is 1.31. The predicted octanol–water partition coefficient (Wildman–Crippen LogP) is 2.37. The lowest BCUT2D eigenvalue weighted by Gasteiger charge is -2.10. The van der Waals surface area contributed by atoms with E-state index >= 15 is 0 Å². The Balaban J connectivity index is 2.52. The summed E-state index contributed by atoms with van der Waals surface area (Å²) in [6, 6.07) is 6.45. The molecule has 0 saturated carbocycles. The number of rotatable bonds is 7. The molecule has 1 rings (SSSR count). The minimum Gasteiger partial charge on any atom is -0.383 e. The highest BCUT2D eigenvalue weighted by Gasteiger charge is 2.14. The second kappa shape index (κ2) is 7.45. The van der Waals surface area contributed by atoms with Crippen LogP contribution >= 0.6 is 27.5 Å². The van der Waals surface area contributed by atoms with E-state index in [9.17, 15) is 8.42 Å². The molecular weight excluding hydrogens is 342 g/mol. The number of halogens is 2. The molecule has 7 heteroatoms. The predicted molar refractivity (Wildman–Crippen MR) is 75.5 cm³/mol. The first-order valence-corrected chi connectivity index (χ1v) is 8.05. The average molecular weight is 357 g/mol. The SMILES string of the molecule is COCC(Cl)CCNS(=O)(=O)c1ccc(Br)cc1. The summed E-state index contributed by atoms with van der Waals surface area (Å²) in [5, 5.41) is -0.192. The van der Waals surface area contributed by atoms with Gasteiger partial charge in [0.05, 0.1) is 16.9 Å². The van der Waals surface area contributed by atoms with Gasteiger partial charge in [0.15, 0.2) is 0 Å². The maximum absolute atomic E-state index is 11.9. The van der Waals surface area contributed by atoms with Crippen LogP contribution in [0.1, 0.15) is 6.42 Å². The monoisotopic (exact) mass is 355 g/mol. The van der Waals surface area contributed by atoms with Crippen LogP contribution in [0.4, 0.5) is 0 Å². The van der Waals surface area contributed by atoms with Gasteiger partial charge in [0, 0.05) is 18.1 Å². The third kappa shape index (κ3) is 5.24. The Kier molecular flexibility index (Phi) is 6.59. The summed E-state index contributed by atoms with van der Waals surface area (Å²) in [6.45, 7) is 0.692. The molecule has 0 bridgehead atoms. The molecule has 0 aliphatic heterocycles. The van der Waals surface area contributed by atoms with E-state index in [4.69, 9.17) is 16.3 Å². The Morgan fingerprint density at radius 3 is 2.56 bits per heavy atom. The van der Waals surface area contributed by atoms with Gasteiger partial charge in [-0.1, -0.05) is 15.9 Å². The molecule has 0 saturated heterocycles. The van der Waals surface area contributed by atoms with Gasteiger partial charge in [-0.2, -0.15) is 0 Å². The molecule has 0 amide bonds. The summed E-state index contributed by atoms with van der Waals surface area (Å²) < 4.78 is 32.0. The second-order valence-electron chi connectivity index (χ2n) is 3.69. The van der Waals surface area contributed by atoms with E-state index < -0.39 is 10.0 Å². The molecule has 1 unspecified atom stereocenters. The Bertz CT molecular complexity index is 464. The molecule has 1 aromatic carbocycles. The van der Waals surface area contributed by atoms with Crippen molar-refractivity contribution in [1.82, 2.24) is 4.72 Å². The van der Waals surface area contributed by atoms with Crippen LogP contribution in [0, 0.1) is 0 Å². The normalized spacial score (nSPS) is 13.5. The number of methoxy groups -OCH3 is 1. The topological polar surface area (TPSA) is 55.4 Å². The summed E-state index contributed by atoms with van der Waals surface area (Å²) in [7, 11) is -1.90. The molecule has 1 aromatic rings. The maximum Gasteiger partial charge on any atom is 0.240 e.